The first-order valence-corrected chi connectivity index (χ1v) is 12.6. The summed E-state index contributed by atoms with van der Waals surface area (Å²) < 4.78 is 31.6. The minimum Gasteiger partial charge on any atom is -0.324 e. The van der Waals surface area contributed by atoms with Crippen molar-refractivity contribution >= 4 is 54.7 Å². The predicted octanol–water partition coefficient (Wildman–Crippen LogP) is 4.56. The number of halogens is 2. The third-order valence-electron chi connectivity index (χ3n) is 4.84. The van der Waals surface area contributed by atoms with Gasteiger partial charge in [0.05, 0.1) is 17.6 Å². The molecular weight excluding hydrogens is 504 g/mol. The van der Waals surface area contributed by atoms with Crippen LogP contribution in [0, 0.1) is 6.92 Å². The molecule has 0 saturated carbocycles. The van der Waals surface area contributed by atoms with Crippen LogP contribution in [-0.4, -0.2) is 30.4 Å². The van der Waals surface area contributed by atoms with E-state index in [2.05, 4.69) is 30.4 Å². The number of carbonyl (C=O) groups is 1. The summed E-state index contributed by atoms with van der Waals surface area (Å²) in [7, 11) is -3.92. The average molecular weight is 528 g/mol. The number of nitrogens with zero attached hydrogens (tertiary/aromatic N) is 2. The molecule has 0 aliphatic heterocycles. The van der Waals surface area contributed by atoms with E-state index in [1.54, 1.807) is 18.2 Å². The molecule has 0 fully saturated rings. The van der Waals surface area contributed by atoms with Gasteiger partial charge in [0.25, 0.3) is 5.91 Å². The highest BCUT2D eigenvalue weighted by atomic mass is 79.9. The Morgan fingerprint density at radius 3 is 2.68 bits per heavy atom. The van der Waals surface area contributed by atoms with Gasteiger partial charge in [-0.05, 0) is 49.2 Å². The Hall–Kier alpha value is -1.94. The lowest BCUT2D eigenvalue weighted by Gasteiger charge is -2.11. The maximum Gasteiger partial charge on any atom is 0.301 e. The largest absolute Gasteiger partial charge is 0.324 e. The monoisotopic (exact) mass is 526 g/mol. The Balaban J connectivity index is 1.83. The Kier molecular flexibility index (Phi) is 7.74. The van der Waals surface area contributed by atoms with Gasteiger partial charge >= 0.3 is 10.2 Å². The number of imidazole rings is 1. The maximum atomic E-state index is 12.6. The van der Waals surface area contributed by atoms with Crippen LogP contribution in [-0.2, 0) is 16.8 Å². The standard InChI is InChI=1S/C21H24BrClN4O3S/c1-3-4-5-10-24-31(29,30)26-21(28)15-7-9-19-20(11-15)27(14(2)25-19)13-16-6-8-17(22)12-18(16)23/h6-9,11-12,24H,3-5,10,13H2,1-2H3,(H,26,28). The average Bonchev–Trinajstić information content (AvgIpc) is 3.01. The van der Waals surface area contributed by atoms with E-state index in [0.29, 0.717) is 23.5 Å². The van der Waals surface area contributed by atoms with Gasteiger partial charge < -0.3 is 4.57 Å². The van der Waals surface area contributed by atoms with Gasteiger partial charge in [-0.1, -0.05) is 53.4 Å². The van der Waals surface area contributed by atoms with Crippen LogP contribution in [0.25, 0.3) is 11.0 Å². The number of hydrogen-bond donors (Lipinski definition) is 2. The molecule has 1 heterocycles. The number of unbranched alkanes of at least 4 members (excludes halogenated alkanes) is 2. The second-order valence-electron chi connectivity index (χ2n) is 7.22. The number of fused-ring (bicyclic) bond motifs is 1. The fourth-order valence-electron chi connectivity index (χ4n) is 3.20. The van der Waals surface area contributed by atoms with Crippen LogP contribution in [0.3, 0.4) is 0 Å². The topological polar surface area (TPSA) is 93.1 Å². The summed E-state index contributed by atoms with van der Waals surface area (Å²) in [6.45, 7) is 4.66. The van der Waals surface area contributed by atoms with Gasteiger partial charge in [0.2, 0.25) is 0 Å². The van der Waals surface area contributed by atoms with Crippen molar-refractivity contribution in [2.24, 2.45) is 0 Å². The molecule has 31 heavy (non-hydrogen) atoms. The molecule has 0 aliphatic rings. The molecule has 3 aromatic rings. The van der Waals surface area contributed by atoms with Gasteiger partial charge in [-0.15, -0.1) is 0 Å². The second kappa shape index (κ2) is 10.1. The molecule has 0 radical (unpaired) electrons. The quantitative estimate of drug-likeness (QED) is 0.399. The molecule has 10 heteroatoms. The summed E-state index contributed by atoms with van der Waals surface area (Å²) >= 11 is 9.76. The lowest BCUT2D eigenvalue weighted by atomic mass is 10.2. The van der Waals surface area contributed by atoms with Crippen LogP contribution in [0.4, 0.5) is 0 Å². The first-order valence-electron chi connectivity index (χ1n) is 9.92. The van der Waals surface area contributed by atoms with E-state index in [1.165, 1.54) is 0 Å². The van der Waals surface area contributed by atoms with E-state index in [9.17, 15) is 13.2 Å². The van der Waals surface area contributed by atoms with E-state index in [0.717, 1.165) is 34.2 Å². The molecule has 0 saturated heterocycles. The Morgan fingerprint density at radius 2 is 1.97 bits per heavy atom. The van der Waals surface area contributed by atoms with Crippen molar-refractivity contribution in [2.45, 2.75) is 39.7 Å². The number of hydrogen-bond acceptors (Lipinski definition) is 4. The summed E-state index contributed by atoms with van der Waals surface area (Å²) in [4.78, 5) is 17.1. The molecule has 7 nitrogen and oxygen atoms in total. The van der Waals surface area contributed by atoms with E-state index in [-0.39, 0.29) is 12.1 Å². The fourth-order valence-corrected chi connectivity index (χ4v) is 4.78. The molecule has 3 rings (SSSR count). The zero-order valence-corrected chi connectivity index (χ0v) is 20.4. The summed E-state index contributed by atoms with van der Waals surface area (Å²) in [5.74, 6) is 0.0636. The zero-order valence-electron chi connectivity index (χ0n) is 17.3. The smallest absolute Gasteiger partial charge is 0.301 e. The lowest BCUT2D eigenvalue weighted by molar-refractivity contribution is 0.0981. The number of aromatic nitrogens is 2. The Morgan fingerprint density at radius 1 is 1.19 bits per heavy atom. The molecule has 0 unspecified atom stereocenters. The molecule has 0 atom stereocenters. The van der Waals surface area contributed by atoms with Gasteiger partial charge in [0.15, 0.2) is 0 Å². The highest BCUT2D eigenvalue weighted by Crippen LogP contribution is 2.25. The van der Waals surface area contributed by atoms with E-state index in [4.69, 9.17) is 11.6 Å². The molecule has 2 N–H and O–H groups in total. The van der Waals surface area contributed by atoms with Gasteiger partial charge in [0.1, 0.15) is 5.82 Å². The van der Waals surface area contributed by atoms with Crippen molar-refractivity contribution in [3.8, 4) is 0 Å². The van der Waals surface area contributed by atoms with Gasteiger partial charge in [-0.2, -0.15) is 13.1 Å². The first-order chi connectivity index (χ1) is 14.7. The summed E-state index contributed by atoms with van der Waals surface area (Å²) in [5.41, 5.74) is 2.57. The predicted molar refractivity (Wildman–Crippen MR) is 127 cm³/mol. The van der Waals surface area contributed by atoms with Crippen molar-refractivity contribution in [1.29, 1.82) is 0 Å². The molecule has 2 aromatic carbocycles. The van der Waals surface area contributed by atoms with Crippen molar-refractivity contribution < 1.29 is 13.2 Å². The molecule has 0 spiro atoms. The molecule has 1 amide bonds. The normalized spacial score (nSPS) is 11.7. The minimum atomic E-state index is -3.92. The number of aryl methyl sites for hydroxylation is 1. The first kappa shape index (κ1) is 23.7. The van der Waals surface area contributed by atoms with E-state index >= 15 is 0 Å². The third-order valence-corrected chi connectivity index (χ3v) is 6.73. The van der Waals surface area contributed by atoms with E-state index in [1.807, 2.05) is 36.6 Å². The zero-order chi connectivity index (χ0) is 22.6. The number of rotatable bonds is 9. The molecule has 1 aromatic heterocycles. The van der Waals surface area contributed by atoms with Crippen LogP contribution in [0.5, 0.6) is 0 Å². The molecule has 0 aliphatic carbocycles. The summed E-state index contributed by atoms with van der Waals surface area (Å²) in [6.07, 6.45) is 2.61. The van der Waals surface area contributed by atoms with Crippen molar-refractivity contribution in [1.82, 2.24) is 19.0 Å². The van der Waals surface area contributed by atoms with Crippen molar-refractivity contribution in [3.05, 3.63) is 62.8 Å². The van der Waals surface area contributed by atoms with Crippen LogP contribution < -0.4 is 9.44 Å². The maximum absolute atomic E-state index is 12.6. The number of nitrogens with one attached hydrogen (secondary N) is 2. The Bertz CT molecular complexity index is 1210. The van der Waals surface area contributed by atoms with Crippen LogP contribution in [0.2, 0.25) is 5.02 Å². The Labute approximate surface area is 195 Å². The fraction of sp³-hybridized carbons (Fsp3) is 0.333. The second-order valence-corrected chi connectivity index (χ2v) is 10.0. The summed E-state index contributed by atoms with van der Waals surface area (Å²) in [6, 6.07) is 10.6. The third kappa shape index (κ3) is 6.06. The number of carbonyl (C=O) groups excluding carboxylic acids is 1. The highest BCUT2D eigenvalue weighted by molar-refractivity contribution is 9.10. The van der Waals surface area contributed by atoms with Crippen molar-refractivity contribution in [2.75, 3.05) is 6.54 Å². The SMILES string of the molecule is CCCCCNS(=O)(=O)NC(=O)c1ccc2nc(C)n(Cc3ccc(Br)cc3Cl)c2c1. The molecular formula is C21H24BrClN4O3S. The van der Waals surface area contributed by atoms with Gasteiger partial charge in [0, 0.05) is 21.6 Å². The lowest BCUT2D eigenvalue weighted by Crippen LogP contribution is -2.40. The molecule has 0 bridgehead atoms. The van der Waals surface area contributed by atoms with Gasteiger partial charge in [-0.3, -0.25) is 4.79 Å². The van der Waals surface area contributed by atoms with Crippen LogP contribution in [0.1, 0.15) is 47.9 Å². The minimum absolute atomic E-state index is 0.231. The van der Waals surface area contributed by atoms with Gasteiger partial charge in [-0.25, -0.2) is 9.71 Å². The number of benzene rings is 2. The van der Waals surface area contributed by atoms with Crippen molar-refractivity contribution in [3.63, 3.8) is 0 Å². The van der Waals surface area contributed by atoms with Crippen LogP contribution in [0.15, 0.2) is 40.9 Å². The van der Waals surface area contributed by atoms with E-state index < -0.39 is 16.1 Å². The molecule has 166 valence electrons. The highest BCUT2D eigenvalue weighted by Gasteiger charge is 2.17. The summed E-state index contributed by atoms with van der Waals surface area (Å²) in [5, 5.41) is 0.616. The van der Waals surface area contributed by atoms with Crippen LogP contribution >= 0.6 is 27.5 Å². The number of amides is 1.